The number of hydrogen-bond acceptors (Lipinski definition) is 8. The van der Waals surface area contributed by atoms with Crippen LogP contribution in [0.15, 0.2) is 0 Å². The van der Waals surface area contributed by atoms with Gasteiger partial charge in [-0.25, -0.2) is 0 Å². The summed E-state index contributed by atoms with van der Waals surface area (Å²) in [5.41, 5.74) is 0. The van der Waals surface area contributed by atoms with Crippen LogP contribution in [0.2, 0.25) is 0 Å². The lowest BCUT2D eigenvalue weighted by molar-refractivity contribution is -0.870. The monoisotopic (exact) mass is 998 g/mol. The molecule has 402 valence electrons. The average Bonchev–Trinajstić information content (AvgIpc) is 3.32. The van der Waals surface area contributed by atoms with Crippen LogP contribution in [0.25, 0.3) is 0 Å². The van der Waals surface area contributed by atoms with Crippen LogP contribution in [-0.4, -0.2) is 70.0 Å². The third-order valence-electron chi connectivity index (χ3n) is 12.3. The molecule has 0 saturated carbocycles. The molecule has 0 N–H and O–H groups in total. The minimum absolute atomic E-state index is 0.0474. The fraction of sp³-hybridized carbons (Fsp3) is 0.833. The summed E-state index contributed by atoms with van der Waals surface area (Å²) in [6.45, 7) is 4.16. The number of carbonyl (C=O) groups is 2. The molecule has 0 bridgehead atoms. The molecular weight excluding hydrogens is 894 g/mol. The molecular formula is C60H104NO8P. The van der Waals surface area contributed by atoms with Crippen molar-refractivity contribution in [3.8, 4) is 47.4 Å². The molecule has 0 amide bonds. The quantitative estimate of drug-likeness (QED) is 0.0195. The minimum atomic E-state index is -4.66. The molecule has 1 unspecified atom stereocenters. The van der Waals surface area contributed by atoms with Crippen molar-refractivity contribution in [1.29, 1.82) is 0 Å². The molecule has 0 aliphatic carbocycles. The van der Waals surface area contributed by atoms with E-state index in [-0.39, 0.29) is 26.1 Å². The van der Waals surface area contributed by atoms with Crippen molar-refractivity contribution in [3.63, 3.8) is 0 Å². The third kappa shape index (κ3) is 54.6. The Kier molecular flexibility index (Phi) is 49.2. The molecule has 0 aliphatic heterocycles. The maximum atomic E-state index is 12.8. The highest BCUT2D eigenvalue weighted by Gasteiger charge is 2.22. The summed E-state index contributed by atoms with van der Waals surface area (Å²) < 4.78 is 34.0. The lowest BCUT2D eigenvalue weighted by Gasteiger charge is -2.28. The van der Waals surface area contributed by atoms with Crippen molar-refractivity contribution in [1.82, 2.24) is 0 Å². The van der Waals surface area contributed by atoms with Crippen LogP contribution in [-0.2, 0) is 32.7 Å². The van der Waals surface area contributed by atoms with Crippen LogP contribution in [0, 0.1) is 47.4 Å². The number of hydrogen-bond donors (Lipinski definition) is 0. The van der Waals surface area contributed by atoms with Gasteiger partial charge in [-0.2, -0.15) is 0 Å². The van der Waals surface area contributed by atoms with Gasteiger partial charge in [0.2, 0.25) is 0 Å². The number of rotatable bonds is 48. The van der Waals surface area contributed by atoms with Crippen molar-refractivity contribution < 1.29 is 42.1 Å². The van der Waals surface area contributed by atoms with Gasteiger partial charge < -0.3 is 27.9 Å². The van der Waals surface area contributed by atoms with E-state index in [9.17, 15) is 19.0 Å². The fourth-order valence-corrected chi connectivity index (χ4v) is 8.55. The van der Waals surface area contributed by atoms with E-state index in [1.54, 1.807) is 0 Å². The van der Waals surface area contributed by atoms with Gasteiger partial charge in [-0.15, -0.1) is 0 Å². The number of phosphoric ester groups is 1. The third-order valence-corrected chi connectivity index (χ3v) is 13.3. The van der Waals surface area contributed by atoms with Gasteiger partial charge in [0, 0.05) is 38.5 Å². The molecule has 0 aliphatic rings. The Labute approximate surface area is 431 Å². The summed E-state index contributed by atoms with van der Waals surface area (Å²) in [4.78, 5) is 37.8. The first-order valence-corrected chi connectivity index (χ1v) is 30.1. The first-order valence-electron chi connectivity index (χ1n) is 28.7. The normalized spacial score (nSPS) is 12.3. The number of likely N-dealkylation sites (N-methyl/N-ethyl adjacent to an activating group) is 1. The Morgan fingerprint density at radius 3 is 1.10 bits per heavy atom. The van der Waals surface area contributed by atoms with Gasteiger partial charge >= 0.3 is 11.9 Å². The van der Waals surface area contributed by atoms with Crippen molar-refractivity contribution in [2.24, 2.45) is 0 Å². The van der Waals surface area contributed by atoms with E-state index in [1.165, 1.54) is 141 Å². The smallest absolute Gasteiger partial charge is 0.306 e. The van der Waals surface area contributed by atoms with Gasteiger partial charge in [-0.1, -0.05) is 217 Å². The van der Waals surface area contributed by atoms with Gasteiger partial charge in [0.15, 0.2) is 6.10 Å². The summed E-state index contributed by atoms with van der Waals surface area (Å²) in [5.74, 6) is 23.9. The molecule has 2 atom stereocenters. The van der Waals surface area contributed by atoms with Gasteiger partial charge in [0.1, 0.15) is 19.8 Å². The zero-order valence-corrected chi connectivity index (χ0v) is 46.7. The summed E-state index contributed by atoms with van der Waals surface area (Å²) in [7, 11) is 1.11. The molecule has 0 saturated heterocycles. The van der Waals surface area contributed by atoms with E-state index >= 15 is 0 Å². The Morgan fingerprint density at radius 1 is 0.443 bits per heavy atom. The molecule has 0 rings (SSSR count). The summed E-state index contributed by atoms with van der Waals surface area (Å²) in [5, 5.41) is 0. The maximum Gasteiger partial charge on any atom is 0.306 e. The second-order valence-corrected chi connectivity index (χ2v) is 21.8. The highest BCUT2D eigenvalue weighted by Crippen LogP contribution is 2.38. The fourth-order valence-electron chi connectivity index (χ4n) is 7.82. The highest BCUT2D eigenvalue weighted by molar-refractivity contribution is 7.45. The van der Waals surface area contributed by atoms with E-state index in [0.717, 1.165) is 89.9 Å². The maximum absolute atomic E-state index is 12.8. The standard InChI is InChI=1S/C60H104NO8P/c1-6-8-10-12-14-16-18-20-22-24-26-28-30-32-34-36-38-40-42-44-46-48-50-52-59(62)66-56-58(57-68-70(64,65)67-55-54-61(3,4)5)69-60(63)53-51-49-47-45-43-41-39-37-35-33-31-29-27-25-23-21-19-17-15-13-11-9-7-2/h58H,6-29,38-57H2,1-5H3/t58-/m1/s1. The van der Waals surface area contributed by atoms with Crippen molar-refractivity contribution in [2.45, 2.75) is 277 Å². The Bertz CT molecular complexity index is 1540. The van der Waals surface area contributed by atoms with E-state index in [2.05, 4.69) is 61.2 Å². The molecule has 9 nitrogen and oxygen atoms in total. The van der Waals surface area contributed by atoms with E-state index in [0.29, 0.717) is 23.9 Å². The van der Waals surface area contributed by atoms with Gasteiger partial charge in [-0.3, -0.25) is 14.2 Å². The molecule has 0 aromatic carbocycles. The molecule has 0 spiro atoms. The summed E-state index contributed by atoms with van der Waals surface area (Å²) >= 11 is 0. The number of quaternary nitrogens is 1. The SMILES string of the molecule is CCCCCCCCCCCCCC#CC#CCCCCCCCCC(=O)OC[C@H](COP(=O)([O-])OCC[N+](C)(C)C)OC(=O)CCCCCCCCC#CC#CCCCCCCCCCCCCC. The minimum Gasteiger partial charge on any atom is -0.756 e. The number of ether oxygens (including phenoxy) is 2. The lowest BCUT2D eigenvalue weighted by atomic mass is 10.1. The van der Waals surface area contributed by atoms with Crippen LogP contribution < -0.4 is 4.89 Å². The first-order chi connectivity index (χ1) is 34.0. The number of esters is 2. The predicted octanol–water partition coefficient (Wildman–Crippen LogP) is 15.3. The second-order valence-electron chi connectivity index (χ2n) is 20.4. The second kappa shape index (κ2) is 51.2. The zero-order chi connectivity index (χ0) is 51.3. The van der Waals surface area contributed by atoms with Gasteiger partial charge in [0.25, 0.3) is 7.82 Å². The van der Waals surface area contributed by atoms with Crippen LogP contribution in [0.5, 0.6) is 0 Å². The van der Waals surface area contributed by atoms with Gasteiger partial charge in [0.05, 0.1) is 27.7 Å². The largest absolute Gasteiger partial charge is 0.756 e. The van der Waals surface area contributed by atoms with E-state index in [1.807, 2.05) is 21.1 Å². The number of unbranched alkanes of at least 4 members (excludes halogenated alkanes) is 34. The molecule has 0 heterocycles. The van der Waals surface area contributed by atoms with E-state index < -0.39 is 32.5 Å². The Hall–Kier alpha value is -2.75. The Morgan fingerprint density at radius 2 is 0.757 bits per heavy atom. The number of phosphoric acid groups is 1. The van der Waals surface area contributed by atoms with Crippen LogP contribution in [0.4, 0.5) is 0 Å². The van der Waals surface area contributed by atoms with E-state index in [4.69, 9.17) is 18.5 Å². The van der Waals surface area contributed by atoms with Crippen LogP contribution in [0.3, 0.4) is 0 Å². The summed E-state index contributed by atoms with van der Waals surface area (Å²) in [6, 6.07) is 0. The zero-order valence-electron chi connectivity index (χ0n) is 45.9. The summed E-state index contributed by atoms with van der Waals surface area (Å²) in [6.07, 6.45) is 44.0. The average molecular weight is 998 g/mol. The molecule has 0 aromatic heterocycles. The number of carbonyl (C=O) groups excluding carboxylic acids is 2. The first kappa shape index (κ1) is 67.2. The Balaban J connectivity index is 4.27. The van der Waals surface area contributed by atoms with Crippen LogP contribution >= 0.6 is 7.82 Å². The lowest BCUT2D eigenvalue weighted by Crippen LogP contribution is -2.37. The highest BCUT2D eigenvalue weighted by atomic mass is 31.2. The predicted molar refractivity (Wildman–Crippen MR) is 290 cm³/mol. The topological polar surface area (TPSA) is 111 Å². The van der Waals surface area contributed by atoms with Crippen LogP contribution in [0.1, 0.15) is 271 Å². The molecule has 0 aromatic rings. The molecule has 0 fully saturated rings. The van der Waals surface area contributed by atoms with Gasteiger partial charge in [-0.05, 0) is 62.2 Å². The molecule has 0 radical (unpaired) electrons. The number of nitrogens with zero attached hydrogens (tertiary/aromatic N) is 1. The van der Waals surface area contributed by atoms with Crippen molar-refractivity contribution in [3.05, 3.63) is 0 Å². The molecule has 10 heteroatoms. The van der Waals surface area contributed by atoms with Crippen molar-refractivity contribution in [2.75, 3.05) is 47.5 Å². The molecule has 70 heavy (non-hydrogen) atoms. The van der Waals surface area contributed by atoms with Crippen molar-refractivity contribution >= 4 is 19.8 Å².